The van der Waals surface area contributed by atoms with Crippen LogP contribution in [-0.4, -0.2) is 22.7 Å². The number of amides is 2. The van der Waals surface area contributed by atoms with Gasteiger partial charge in [0.25, 0.3) is 5.91 Å². The molecule has 82 valence electrons. The van der Waals surface area contributed by atoms with Crippen molar-refractivity contribution < 1.29 is 19.1 Å². The second-order valence-electron chi connectivity index (χ2n) is 3.04. The van der Waals surface area contributed by atoms with Gasteiger partial charge in [-0.25, -0.2) is 4.90 Å². The third-order valence-corrected chi connectivity index (χ3v) is 1.81. The summed E-state index contributed by atoms with van der Waals surface area (Å²) in [5, 5.41) is 8.74. The van der Waals surface area contributed by atoms with Gasteiger partial charge in [-0.1, -0.05) is 6.58 Å². The molecule has 1 saturated heterocycles. The van der Waals surface area contributed by atoms with E-state index in [0.717, 1.165) is 13.2 Å². The number of imide groups is 1. The fourth-order valence-electron chi connectivity index (χ4n) is 1.12. The third-order valence-electron chi connectivity index (χ3n) is 1.81. The number of rotatable bonds is 2. The molecular formula is C10H8N2O4. The minimum Gasteiger partial charge on any atom is -0.432 e. The van der Waals surface area contributed by atoms with Crippen LogP contribution in [0.1, 0.15) is 13.3 Å². The number of esters is 1. The Balaban J connectivity index is 2.98. The van der Waals surface area contributed by atoms with Gasteiger partial charge in [0.2, 0.25) is 5.91 Å². The van der Waals surface area contributed by atoms with Gasteiger partial charge in [0.05, 0.1) is 6.42 Å². The Kier molecular flexibility index (Phi) is 3.20. The monoisotopic (exact) mass is 220 g/mol. The maximum absolute atomic E-state index is 11.4. The number of allylic oxidation sites excluding steroid dienone is 1. The Labute approximate surface area is 91.4 Å². The lowest BCUT2D eigenvalue weighted by molar-refractivity contribution is -0.138. The average molecular weight is 220 g/mol. The molecule has 6 heteroatoms. The summed E-state index contributed by atoms with van der Waals surface area (Å²) >= 11 is 0. The van der Waals surface area contributed by atoms with Gasteiger partial charge >= 0.3 is 5.97 Å². The smallest absolute Gasteiger partial charge is 0.307 e. The first-order chi connectivity index (χ1) is 7.47. The zero-order valence-corrected chi connectivity index (χ0v) is 8.52. The van der Waals surface area contributed by atoms with Crippen LogP contribution in [-0.2, 0) is 19.1 Å². The molecule has 1 rings (SSSR count). The van der Waals surface area contributed by atoms with Gasteiger partial charge in [0, 0.05) is 12.5 Å². The molecule has 0 spiro atoms. The van der Waals surface area contributed by atoms with Crippen LogP contribution in [0.25, 0.3) is 0 Å². The summed E-state index contributed by atoms with van der Waals surface area (Å²) in [4.78, 5) is 34.0. The number of likely N-dealkylation sites (tertiary alicyclic amines) is 1. The van der Waals surface area contributed by atoms with E-state index in [4.69, 9.17) is 5.26 Å². The van der Waals surface area contributed by atoms with Crippen molar-refractivity contribution in [3.8, 4) is 6.07 Å². The van der Waals surface area contributed by atoms with Crippen molar-refractivity contribution in [2.75, 3.05) is 0 Å². The number of ether oxygens (including phenoxy) is 1. The second kappa shape index (κ2) is 4.40. The lowest BCUT2D eigenvalue weighted by Gasteiger charge is -2.10. The molecule has 0 aromatic heterocycles. The highest BCUT2D eigenvalue weighted by atomic mass is 16.5. The Morgan fingerprint density at radius 3 is 2.62 bits per heavy atom. The van der Waals surface area contributed by atoms with Crippen LogP contribution in [0, 0.1) is 11.3 Å². The molecule has 0 aromatic carbocycles. The first-order valence-electron chi connectivity index (χ1n) is 4.30. The highest BCUT2D eigenvalue weighted by Gasteiger charge is 2.35. The van der Waals surface area contributed by atoms with E-state index in [2.05, 4.69) is 11.3 Å². The molecule has 0 unspecified atom stereocenters. The van der Waals surface area contributed by atoms with Gasteiger partial charge in [0.15, 0.2) is 5.70 Å². The molecule has 0 aliphatic carbocycles. The number of carbonyl (C=O) groups excluding carboxylic acids is 3. The fraction of sp³-hybridized carbons (Fsp3) is 0.200. The lowest BCUT2D eigenvalue weighted by Crippen LogP contribution is -2.28. The molecule has 1 heterocycles. The van der Waals surface area contributed by atoms with E-state index in [0.29, 0.717) is 4.90 Å². The molecular weight excluding hydrogens is 212 g/mol. The molecule has 2 amide bonds. The third kappa shape index (κ3) is 2.15. The van der Waals surface area contributed by atoms with Gasteiger partial charge in [-0.15, -0.1) is 0 Å². The van der Waals surface area contributed by atoms with E-state index < -0.39 is 17.8 Å². The zero-order chi connectivity index (χ0) is 12.3. The Morgan fingerprint density at radius 1 is 1.62 bits per heavy atom. The number of hydrogen-bond acceptors (Lipinski definition) is 5. The van der Waals surface area contributed by atoms with Crippen LogP contribution in [0.3, 0.4) is 0 Å². The Hall–Kier alpha value is -2.42. The molecule has 0 bridgehead atoms. The first-order valence-corrected chi connectivity index (χ1v) is 4.30. The normalized spacial score (nSPS) is 16.4. The quantitative estimate of drug-likeness (QED) is 0.218. The first kappa shape index (κ1) is 11.7. The van der Waals surface area contributed by atoms with E-state index in [-0.39, 0.29) is 17.7 Å². The van der Waals surface area contributed by atoms with Gasteiger partial charge in [-0.3, -0.25) is 14.4 Å². The largest absolute Gasteiger partial charge is 0.432 e. The van der Waals surface area contributed by atoms with Gasteiger partial charge < -0.3 is 4.74 Å². The van der Waals surface area contributed by atoms with E-state index >= 15 is 0 Å². The van der Waals surface area contributed by atoms with Crippen molar-refractivity contribution in [3.63, 3.8) is 0 Å². The van der Waals surface area contributed by atoms with Crippen LogP contribution in [0.2, 0.25) is 0 Å². The van der Waals surface area contributed by atoms with Crippen LogP contribution in [0.15, 0.2) is 24.1 Å². The maximum Gasteiger partial charge on any atom is 0.307 e. The predicted octanol–water partition coefficient (Wildman–Crippen LogP) is 0.230. The van der Waals surface area contributed by atoms with E-state index in [1.807, 2.05) is 0 Å². The molecule has 16 heavy (non-hydrogen) atoms. The minimum absolute atomic E-state index is 0.106. The Morgan fingerprint density at radius 2 is 2.25 bits per heavy atom. The minimum atomic E-state index is -0.648. The van der Waals surface area contributed by atoms with Gasteiger partial charge in [-0.2, -0.15) is 5.26 Å². The van der Waals surface area contributed by atoms with Crippen LogP contribution in [0.5, 0.6) is 0 Å². The van der Waals surface area contributed by atoms with Crippen molar-refractivity contribution in [2.24, 2.45) is 0 Å². The van der Waals surface area contributed by atoms with E-state index in [9.17, 15) is 14.4 Å². The fourth-order valence-corrected chi connectivity index (χ4v) is 1.12. The molecule has 1 aliphatic heterocycles. The van der Waals surface area contributed by atoms with Gasteiger partial charge in [-0.05, 0) is 0 Å². The van der Waals surface area contributed by atoms with E-state index in [1.165, 1.54) is 0 Å². The number of carbonyl (C=O) groups is 3. The summed E-state index contributed by atoms with van der Waals surface area (Å²) < 4.78 is 4.44. The van der Waals surface area contributed by atoms with Crippen molar-refractivity contribution in [1.29, 1.82) is 5.26 Å². The number of nitrogens with zero attached hydrogens (tertiary/aromatic N) is 2. The lowest BCUT2D eigenvalue weighted by atomic mass is 10.3. The highest BCUT2D eigenvalue weighted by Crippen LogP contribution is 2.21. The summed E-state index contributed by atoms with van der Waals surface area (Å²) in [6.45, 7) is 4.53. The average Bonchev–Trinajstić information content (AvgIpc) is 2.45. The van der Waals surface area contributed by atoms with Crippen LogP contribution < -0.4 is 0 Å². The summed E-state index contributed by atoms with van der Waals surface area (Å²) in [5.74, 6) is -1.86. The summed E-state index contributed by atoms with van der Waals surface area (Å²) in [6.07, 6.45) is 0.647. The molecule has 1 fully saturated rings. The molecule has 0 saturated carbocycles. The van der Waals surface area contributed by atoms with Crippen LogP contribution in [0.4, 0.5) is 0 Å². The highest BCUT2D eigenvalue weighted by molar-refractivity contribution is 6.14. The van der Waals surface area contributed by atoms with Gasteiger partial charge in [0.1, 0.15) is 12.3 Å². The topological polar surface area (TPSA) is 87.5 Å². The molecule has 1 aliphatic rings. The van der Waals surface area contributed by atoms with Crippen molar-refractivity contribution in [1.82, 2.24) is 4.90 Å². The molecule has 0 radical (unpaired) electrons. The molecule has 6 nitrogen and oxygen atoms in total. The van der Waals surface area contributed by atoms with Crippen molar-refractivity contribution in [2.45, 2.75) is 13.3 Å². The molecule has 0 aromatic rings. The predicted molar refractivity (Wildman–Crippen MR) is 51.1 cm³/mol. The standard InChI is InChI=1S/C10H8N2O4/c1-6-3-9(14)12(10(6)15)8(4-11)5-16-7(2)13/h5H,1,3H2,2H3/b8-5+. The summed E-state index contributed by atoms with van der Waals surface area (Å²) in [5.41, 5.74) is -0.224. The zero-order valence-electron chi connectivity index (χ0n) is 8.52. The second-order valence-corrected chi connectivity index (χ2v) is 3.04. The van der Waals surface area contributed by atoms with Crippen molar-refractivity contribution in [3.05, 3.63) is 24.1 Å². The SMILES string of the molecule is C=C1CC(=O)N(/C(C#N)=C/OC(C)=O)C1=O. The molecule has 0 N–H and O–H groups in total. The maximum atomic E-state index is 11.4. The van der Waals surface area contributed by atoms with E-state index in [1.54, 1.807) is 6.07 Å². The summed E-state index contributed by atoms with van der Waals surface area (Å²) in [7, 11) is 0. The molecule has 0 atom stereocenters. The summed E-state index contributed by atoms with van der Waals surface area (Å²) in [6, 6.07) is 1.61. The Bertz CT molecular complexity index is 456. The van der Waals surface area contributed by atoms with Crippen molar-refractivity contribution >= 4 is 17.8 Å². The number of hydrogen-bond donors (Lipinski definition) is 0. The number of nitriles is 1. The van der Waals surface area contributed by atoms with Crippen LogP contribution >= 0.6 is 0 Å².